The molecular weight excluding hydrogens is 340 g/mol. The number of hydrogen-bond donors (Lipinski definition) is 1. The van der Waals surface area contributed by atoms with Crippen molar-refractivity contribution < 1.29 is 14.0 Å². The third kappa shape index (κ3) is 6.99. The van der Waals surface area contributed by atoms with Crippen LogP contribution < -0.4 is 11.2 Å². The van der Waals surface area contributed by atoms with Crippen molar-refractivity contribution >= 4 is 14.3 Å². The second-order valence-corrected chi connectivity index (χ2v) is 12.6. The number of hydrogen-bond acceptors (Lipinski definition) is 5. The highest BCUT2D eigenvalue weighted by Crippen LogP contribution is 2.36. The fraction of sp³-hybridized carbons (Fsp3) is 0.706. The fourth-order valence-corrected chi connectivity index (χ4v) is 3.09. The Hall–Kier alpha value is -1.67. The molecule has 1 heterocycles. The van der Waals surface area contributed by atoms with Crippen LogP contribution in [0.25, 0.3) is 0 Å². The van der Waals surface area contributed by atoms with E-state index in [0.717, 1.165) is 0 Å². The van der Waals surface area contributed by atoms with Crippen LogP contribution >= 0.6 is 0 Å². The van der Waals surface area contributed by atoms with E-state index < -0.39 is 19.6 Å². The number of esters is 1. The Bertz CT molecular complexity index is 687. The van der Waals surface area contributed by atoms with E-state index >= 15 is 0 Å². The summed E-state index contributed by atoms with van der Waals surface area (Å²) in [5, 5.41) is 0.119. The van der Waals surface area contributed by atoms with Gasteiger partial charge in [-0.1, -0.05) is 20.8 Å². The molecule has 0 radical (unpaired) electrons. The molecule has 0 spiro atoms. The van der Waals surface area contributed by atoms with Gasteiger partial charge in [0.05, 0.1) is 6.61 Å². The molecule has 0 bridgehead atoms. The number of aromatic amines is 1. The molecule has 7 nitrogen and oxygen atoms in total. The lowest BCUT2D eigenvalue weighted by atomic mass is 10.1. The largest absolute Gasteiger partial charge is 0.466 e. The lowest BCUT2D eigenvalue weighted by molar-refractivity contribution is -0.142. The minimum atomic E-state index is -1.85. The summed E-state index contributed by atoms with van der Waals surface area (Å²) in [6.45, 7) is 13.3. The minimum Gasteiger partial charge on any atom is -0.466 e. The van der Waals surface area contributed by atoms with Gasteiger partial charge in [-0.05, 0) is 24.6 Å². The van der Waals surface area contributed by atoms with Gasteiger partial charge in [-0.15, -0.1) is 0 Å². The zero-order chi connectivity index (χ0) is 19.3. The summed E-state index contributed by atoms with van der Waals surface area (Å²) >= 11 is 0. The number of carbonyl (C=O) groups is 1. The summed E-state index contributed by atoms with van der Waals surface area (Å²) in [6, 6.07) is 1.30. The van der Waals surface area contributed by atoms with Gasteiger partial charge in [0.25, 0.3) is 5.56 Å². The SMILES string of the molecule is CC(=O)OCC(CCO[Si](C)(C)C(C)(C)C)Cn1ccc(=O)[nH]c1=O. The van der Waals surface area contributed by atoms with E-state index in [9.17, 15) is 14.4 Å². The van der Waals surface area contributed by atoms with Crippen molar-refractivity contribution in [2.45, 2.75) is 58.8 Å². The van der Waals surface area contributed by atoms with E-state index in [0.29, 0.717) is 19.6 Å². The first-order chi connectivity index (χ1) is 11.4. The Labute approximate surface area is 149 Å². The van der Waals surface area contributed by atoms with Gasteiger partial charge < -0.3 is 13.7 Å². The van der Waals surface area contributed by atoms with Gasteiger partial charge >= 0.3 is 11.7 Å². The molecule has 0 fully saturated rings. The summed E-state index contributed by atoms with van der Waals surface area (Å²) in [5.74, 6) is -0.429. The van der Waals surface area contributed by atoms with Gasteiger partial charge in [-0.2, -0.15) is 0 Å². The van der Waals surface area contributed by atoms with E-state index in [-0.39, 0.29) is 23.5 Å². The molecule has 0 saturated carbocycles. The van der Waals surface area contributed by atoms with Crippen molar-refractivity contribution in [1.82, 2.24) is 9.55 Å². The summed E-state index contributed by atoms with van der Waals surface area (Å²) in [5.41, 5.74) is -0.898. The molecule has 25 heavy (non-hydrogen) atoms. The molecule has 0 amide bonds. The predicted molar refractivity (Wildman–Crippen MR) is 99.2 cm³/mol. The van der Waals surface area contributed by atoms with Crippen LogP contribution in [-0.2, 0) is 20.5 Å². The molecule has 1 aromatic rings. The first-order valence-corrected chi connectivity index (χ1v) is 11.4. The molecular formula is C17H30N2O5Si. The molecule has 1 unspecified atom stereocenters. The van der Waals surface area contributed by atoms with Crippen molar-refractivity contribution in [2.24, 2.45) is 5.92 Å². The monoisotopic (exact) mass is 370 g/mol. The van der Waals surface area contributed by atoms with Crippen LogP contribution in [0.2, 0.25) is 18.1 Å². The number of nitrogens with zero attached hydrogens (tertiary/aromatic N) is 1. The number of carbonyl (C=O) groups excluding carboxylic acids is 1. The molecule has 0 aromatic carbocycles. The molecule has 0 aliphatic carbocycles. The first kappa shape index (κ1) is 21.4. The van der Waals surface area contributed by atoms with E-state index in [2.05, 4.69) is 38.8 Å². The van der Waals surface area contributed by atoms with Gasteiger partial charge in [-0.3, -0.25) is 14.6 Å². The number of aromatic nitrogens is 2. The molecule has 0 aliphatic heterocycles. The van der Waals surface area contributed by atoms with Gasteiger partial charge in [0.2, 0.25) is 0 Å². The number of ether oxygens (including phenoxy) is 1. The fourth-order valence-electron chi connectivity index (χ4n) is 2.03. The zero-order valence-electron chi connectivity index (χ0n) is 16.0. The Balaban J connectivity index is 2.75. The molecule has 0 saturated heterocycles. The Morgan fingerprint density at radius 1 is 1.32 bits per heavy atom. The Morgan fingerprint density at radius 3 is 2.48 bits per heavy atom. The molecule has 1 aromatic heterocycles. The predicted octanol–water partition coefficient (Wildman–Crippen LogP) is 2.13. The Morgan fingerprint density at radius 2 is 1.96 bits per heavy atom. The third-order valence-electron chi connectivity index (χ3n) is 4.67. The van der Waals surface area contributed by atoms with Gasteiger partial charge in [0, 0.05) is 38.3 Å². The maximum absolute atomic E-state index is 11.9. The van der Waals surface area contributed by atoms with Crippen LogP contribution in [0.3, 0.4) is 0 Å². The minimum absolute atomic E-state index is 0.0720. The normalized spacial score (nSPS) is 13.5. The summed E-state index contributed by atoms with van der Waals surface area (Å²) < 4.78 is 12.7. The van der Waals surface area contributed by atoms with Crippen molar-refractivity contribution in [3.05, 3.63) is 33.1 Å². The van der Waals surface area contributed by atoms with Gasteiger partial charge in [0.1, 0.15) is 0 Å². The number of H-pyrrole nitrogens is 1. The smallest absolute Gasteiger partial charge is 0.328 e. The standard InChI is InChI=1S/C17H30N2O5Si/c1-13(20)23-12-14(8-10-24-25(5,6)17(2,3)4)11-19-9-7-15(21)18-16(19)22/h7,9,14H,8,10-12H2,1-6H3,(H,18,21,22). The summed E-state index contributed by atoms with van der Waals surface area (Å²) in [4.78, 5) is 36.4. The summed E-state index contributed by atoms with van der Waals surface area (Å²) in [7, 11) is -1.85. The highest BCUT2D eigenvalue weighted by molar-refractivity contribution is 6.74. The van der Waals surface area contributed by atoms with Crippen molar-refractivity contribution in [2.75, 3.05) is 13.2 Å². The van der Waals surface area contributed by atoms with Gasteiger partial charge in [0.15, 0.2) is 8.32 Å². The molecule has 8 heteroatoms. The van der Waals surface area contributed by atoms with E-state index in [4.69, 9.17) is 9.16 Å². The molecule has 0 aliphatic rings. The first-order valence-electron chi connectivity index (χ1n) is 8.49. The van der Waals surface area contributed by atoms with Crippen molar-refractivity contribution in [3.8, 4) is 0 Å². The van der Waals surface area contributed by atoms with E-state index in [1.54, 1.807) is 0 Å². The molecule has 1 rings (SSSR count). The highest BCUT2D eigenvalue weighted by atomic mass is 28.4. The van der Waals surface area contributed by atoms with E-state index in [1.807, 2.05) is 0 Å². The maximum Gasteiger partial charge on any atom is 0.328 e. The molecule has 1 N–H and O–H groups in total. The quantitative estimate of drug-likeness (QED) is 0.559. The van der Waals surface area contributed by atoms with E-state index in [1.165, 1.54) is 23.8 Å². The van der Waals surface area contributed by atoms with Crippen LogP contribution in [0, 0.1) is 5.92 Å². The average molecular weight is 371 g/mol. The van der Waals surface area contributed by atoms with Crippen LogP contribution in [0.1, 0.15) is 34.1 Å². The van der Waals surface area contributed by atoms with Crippen LogP contribution in [-0.4, -0.2) is 37.1 Å². The maximum atomic E-state index is 11.9. The summed E-state index contributed by atoms with van der Waals surface area (Å²) in [6.07, 6.45) is 2.11. The second kappa shape index (κ2) is 8.62. The lowest BCUT2D eigenvalue weighted by Crippen LogP contribution is -2.41. The third-order valence-corrected chi connectivity index (χ3v) is 9.21. The number of nitrogens with one attached hydrogen (secondary N) is 1. The lowest BCUT2D eigenvalue weighted by Gasteiger charge is -2.36. The molecule has 142 valence electrons. The Kier molecular flexibility index (Phi) is 7.37. The molecule has 1 atom stereocenters. The van der Waals surface area contributed by atoms with Crippen LogP contribution in [0.5, 0.6) is 0 Å². The van der Waals surface area contributed by atoms with Crippen molar-refractivity contribution in [3.63, 3.8) is 0 Å². The van der Waals surface area contributed by atoms with Crippen LogP contribution in [0.4, 0.5) is 0 Å². The zero-order valence-corrected chi connectivity index (χ0v) is 17.0. The topological polar surface area (TPSA) is 90.4 Å². The highest BCUT2D eigenvalue weighted by Gasteiger charge is 2.37. The number of rotatable bonds is 8. The average Bonchev–Trinajstić information content (AvgIpc) is 2.45. The van der Waals surface area contributed by atoms with Gasteiger partial charge in [-0.25, -0.2) is 4.79 Å². The van der Waals surface area contributed by atoms with Crippen molar-refractivity contribution in [1.29, 1.82) is 0 Å². The van der Waals surface area contributed by atoms with Crippen LogP contribution in [0.15, 0.2) is 21.9 Å². The second-order valence-electron chi connectivity index (χ2n) is 7.83.